The number of carbonyl (C=O) groups is 1. The average Bonchev–Trinajstić information content (AvgIpc) is 3.04. The Hall–Kier alpha value is -3.14. The van der Waals surface area contributed by atoms with Crippen LogP contribution in [0, 0.1) is 5.92 Å². The number of aliphatic hydroxyl groups excluding tert-OH is 2. The molecule has 0 aliphatic carbocycles. The Morgan fingerprint density at radius 2 is 1.57 bits per heavy atom. The first-order valence-electron chi connectivity index (χ1n) is 17.1. The van der Waals surface area contributed by atoms with Crippen LogP contribution in [-0.4, -0.2) is 161 Å². The van der Waals surface area contributed by atoms with Gasteiger partial charge in [0.05, 0.1) is 13.2 Å². The van der Waals surface area contributed by atoms with Crippen LogP contribution in [0.1, 0.15) is 37.7 Å². The lowest BCUT2D eigenvalue weighted by molar-refractivity contribution is -0.137. The van der Waals surface area contributed by atoms with Gasteiger partial charge in [-0.25, -0.2) is 0 Å². The van der Waals surface area contributed by atoms with E-state index in [0.29, 0.717) is 37.3 Å². The van der Waals surface area contributed by atoms with Gasteiger partial charge in [-0.1, -0.05) is 12.1 Å². The second kappa shape index (κ2) is 19.0. The molecule has 14 heteroatoms. The van der Waals surface area contributed by atoms with Crippen molar-refractivity contribution in [2.45, 2.75) is 44.6 Å². The van der Waals surface area contributed by atoms with Crippen molar-refractivity contribution in [3.63, 3.8) is 0 Å². The number of hydrogen-bond donors (Lipinski definition) is 5. The molecule has 6 N–H and O–H groups in total. The van der Waals surface area contributed by atoms with Gasteiger partial charge >= 0.3 is 5.97 Å². The van der Waals surface area contributed by atoms with E-state index >= 15 is 0 Å². The maximum Gasteiger partial charge on any atom is 0.303 e. The molecule has 2 saturated heterocycles. The number of aliphatic hydroxyl groups is 2. The number of nitrogens with zero attached hydrogens (tertiary/aromatic N) is 8. The van der Waals surface area contributed by atoms with Crippen molar-refractivity contribution in [1.82, 2.24) is 34.6 Å². The smallest absolute Gasteiger partial charge is 0.303 e. The summed E-state index contributed by atoms with van der Waals surface area (Å²) in [6.45, 7) is 9.50. The van der Waals surface area contributed by atoms with E-state index in [4.69, 9.17) is 10.8 Å². The van der Waals surface area contributed by atoms with Gasteiger partial charge in [0.2, 0.25) is 17.8 Å². The topological polar surface area (TPSA) is 171 Å². The molecule has 0 amide bonds. The van der Waals surface area contributed by atoms with Crippen molar-refractivity contribution in [3.05, 3.63) is 29.8 Å². The number of carboxylic acid groups (broad SMARTS) is 1. The van der Waals surface area contributed by atoms with Crippen LogP contribution in [0.25, 0.3) is 0 Å². The van der Waals surface area contributed by atoms with Gasteiger partial charge in [0.25, 0.3) is 0 Å². The van der Waals surface area contributed by atoms with Gasteiger partial charge in [0.15, 0.2) is 0 Å². The summed E-state index contributed by atoms with van der Waals surface area (Å²) in [5.74, 6) is 0.903. The van der Waals surface area contributed by atoms with Crippen molar-refractivity contribution in [1.29, 1.82) is 0 Å². The zero-order chi connectivity index (χ0) is 33.6. The number of β-amino-alcohol motifs (C(OH)–C–C–N with tert-alkyl or cyclic N) is 2. The summed E-state index contributed by atoms with van der Waals surface area (Å²) in [6, 6.07) is 8.54. The second-order valence-corrected chi connectivity index (χ2v) is 13.1. The van der Waals surface area contributed by atoms with Crippen molar-refractivity contribution in [3.8, 4) is 0 Å². The molecule has 1 unspecified atom stereocenters. The van der Waals surface area contributed by atoms with Crippen molar-refractivity contribution in [2.75, 3.05) is 115 Å². The SMILES string of the molecule is CN1CCN(C)CC(Cc2ccc(Nc3nc(N)nc(N4CCC(CCCC(=O)O)CC4)n3)cc2)N(CCO)CCN(CCO)CC1. The first-order valence-corrected chi connectivity index (χ1v) is 17.1. The molecule has 2 fully saturated rings. The van der Waals surface area contributed by atoms with E-state index in [-0.39, 0.29) is 31.6 Å². The molecule has 2 aromatic rings. The zero-order valence-corrected chi connectivity index (χ0v) is 28.3. The van der Waals surface area contributed by atoms with Gasteiger partial charge in [-0.05, 0) is 69.8 Å². The molecule has 3 heterocycles. The van der Waals surface area contributed by atoms with E-state index < -0.39 is 5.97 Å². The van der Waals surface area contributed by atoms with Gasteiger partial charge in [-0.3, -0.25) is 14.6 Å². The molecule has 14 nitrogen and oxygen atoms in total. The number of rotatable bonds is 13. The molecule has 2 aliphatic rings. The molecule has 0 saturated carbocycles. The fourth-order valence-corrected chi connectivity index (χ4v) is 6.54. The highest BCUT2D eigenvalue weighted by Gasteiger charge is 2.24. The van der Waals surface area contributed by atoms with Crippen LogP contribution in [0.15, 0.2) is 24.3 Å². The molecule has 0 spiro atoms. The van der Waals surface area contributed by atoms with Crippen LogP contribution in [0.5, 0.6) is 0 Å². The number of nitrogens with two attached hydrogens (primary N) is 1. The minimum absolute atomic E-state index is 0.105. The van der Waals surface area contributed by atoms with Crippen LogP contribution < -0.4 is 16.0 Å². The molecule has 2 aliphatic heterocycles. The third-order valence-electron chi connectivity index (χ3n) is 9.43. The number of aliphatic carboxylic acids is 1. The Morgan fingerprint density at radius 3 is 2.28 bits per heavy atom. The summed E-state index contributed by atoms with van der Waals surface area (Å²) < 4.78 is 0. The lowest BCUT2D eigenvalue weighted by Gasteiger charge is -2.37. The minimum Gasteiger partial charge on any atom is -0.481 e. The van der Waals surface area contributed by atoms with Crippen LogP contribution in [0.3, 0.4) is 0 Å². The largest absolute Gasteiger partial charge is 0.481 e. The summed E-state index contributed by atoms with van der Waals surface area (Å²) in [7, 11) is 4.33. The normalized spacial score (nSPS) is 20.5. The van der Waals surface area contributed by atoms with Gasteiger partial charge in [-0.2, -0.15) is 15.0 Å². The van der Waals surface area contributed by atoms with E-state index in [9.17, 15) is 15.0 Å². The summed E-state index contributed by atoms with van der Waals surface area (Å²) in [4.78, 5) is 35.8. The fraction of sp³-hybridized carbons (Fsp3) is 0.697. The van der Waals surface area contributed by atoms with Crippen molar-refractivity contribution < 1.29 is 20.1 Å². The molecule has 262 valence electrons. The Morgan fingerprint density at radius 1 is 0.894 bits per heavy atom. The number of carboxylic acids is 1. The molecule has 47 heavy (non-hydrogen) atoms. The molecule has 0 bridgehead atoms. The number of hydrogen-bond acceptors (Lipinski definition) is 13. The van der Waals surface area contributed by atoms with Crippen molar-refractivity contribution in [2.24, 2.45) is 5.92 Å². The zero-order valence-electron chi connectivity index (χ0n) is 28.3. The first-order chi connectivity index (χ1) is 22.7. The highest BCUT2D eigenvalue weighted by atomic mass is 16.4. The molecular weight excluding hydrogens is 600 g/mol. The number of benzene rings is 1. The fourth-order valence-electron chi connectivity index (χ4n) is 6.54. The van der Waals surface area contributed by atoms with Crippen LogP contribution in [-0.2, 0) is 11.2 Å². The molecule has 1 aromatic heterocycles. The number of nitrogen functional groups attached to an aromatic ring is 1. The van der Waals surface area contributed by atoms with Crippen LogP contribution >= 0.6 is 0 Å². The van der Waals surface area contributed by atoms with Gasteiger partial charge < -0.3 is 41.1 Å². The second-order valence-electron chi connectivity index (χ2n) is 13.1. The van der Waals surface area contributed by atoms with E-state index in [1.54, 1.807) is 0 Å². The number of nitrogens with one attached hydrogen (secondary N) is 1. The minimum atomic E-state index is -0.734. The number of anilines is 4. The molecule has 1 aromatic carbocycles. The van der Waals surface area contributed by atoms with Gasteiger partial charge in [0, 0.05) is 90.1 Å². The predicted molar refractivity (Wildman–Crippen MR) is 185 cm³/mol. The standard InChI is InChI=1S/C33H56N10O4/c1-39-14-15-40(2)25-29(42(21-23-45)19-18-41(17-16-39)20-22-44)24-27-6-8-28(9-7-27)35-32-36-31(34)37-33(38-32)43-12-10-26(11-13-43)4-3-5-30(46)47/h6-9,26,29,44-45H,3-5,10-25H2,1-2H3,(H,46,47)(H3,34,35,36,37,38). The van der Waals surface area contributed by atoms with E-state index in [1.165, 1.54) is 5.56 Å². The highest BCUT2D eigenvalue weighted by Crippen LogP contribution is 2.26. The van der Waals surface area contributed by atoms with Gasteiger partial charge in [0.1, 0.15) is 0 Å². The van der Waals surface area contributed by atoms with E-state index in [0.717, 1.165) is 90.3 Å². The Labute approximate surface area is 279 Å². The summed E-state index contributed by atoms with van der Waals surface area (Å²) in [6.07, 6.45) is 4.66. The summed E-state index contributed by atoms with van der Waals surface area (Å²) in [5, 5.41) is 31.8. The Kier molecular flexibility index (Phi) is 14.8. The quantitative estimate of drug-likeness (QED) is 0.207. The maximum atomic E-state index is 10.8. The van der Waals surface area contributed by atoms with E-state index in [1.807, 2.05) is 12.1 Å². The molecule has 0 radical (unpaired) electrons. The number of aromatic nitrogens is 3. The molecule has 4 rings (SSSR count). The number of piperidine rings is 1. The Bertz CT molecular complexity index is 1210. The monoisotopic (exact) mass is 656 g/mol. The lowest BCUT2D eigenvalue weighted by atomic mass is 9.92. The summed E-state index contributed by atoms with van der Waals surface area (Å²) in [5.41, 5.74) is 8.14. The van der Waals surface area contributed by atoms with Crippen LogP contribution in [0.4, 0.5) is 23.5 Å². The number of likely N-dealkylation sites (N-methyl/N-ethyl adjacent to an activating group) is 2. The van der Waals surface area contributed by atoms with Crippen molar-refractivity contribution >= 4 is 29.5 Å². The molecular formula is C33H56N10O4. The van der Waals surface area contributed by atoms with Crippen LogP contribution in [0.2, 0.25) is 0 Å². The third kappa shape index (κ3) is 12.4. The Balaban J connectivity index is 1.38. The average molecular weight is 657 g/mol. The highest BCUT2D eigenvalue weighted by molar-refractivity contribution is 5.66. The van der Waals surface area contributed by atoms with Gasteiger partial charge in [-0.15, -0.1) is 0 Å². The lowest BCUT2D eigenvalue weighted by Crippen LogP contribution is -2.50. The maximum absolute atomic E-state index is 10.8. The van der Waals surface area contributed by atoms with E-state index in [2.05, 4.69) is 71.0 Å². The first kappa shape index (κ1) is 36.7. The predicted octanol–water partition coefficient (Wildman–Crippen LogP) is 1.05. The summed E-state index contributed by atoms with van der Waals surface area (Å²) >= 11 is 0. The molecule has 1 atom stereocenters. The third-order valence-corrected chi connectivity index (χ3v) is 9.43.